The maximum Gasteiger partial charge on any atom is 0.252 e. The van der Waals surface area contributed by atoms with E-state index in [9.17, 15) is 15.2 Å². The Balaban J connectivity index is 1.84. The van der Waals surface area contributed by atoms with E-state index < -0.39 is 0 Å². The fourth-order valence-electron chi connectivity index (χ4n) is 3.20. The minimum Gasteiger partial charge on any atom is -0.495 e. The maximum absolute atomic E-state index is 12.2. The summed E-state index contributed by atoms with van der Waals surface area (Å²) in [5, 5.41) is 27.0. The van der Waals surface area contributed by atoms with Gasteiger partial charge in [-0.3, -0.25) is 4.79 Å². The Morgan fingerprint density at radius 1 is 1.23 bits per heavy atom. The lowest BCUT2D eigenvalue weighted by atomic mass is 9.99. The van der Waals surface area contributed by atoms with E-state index in [0.29, 0.717) is 52.5 Å². The van der Waals surface area contributed by atoms with Crippen molar-refractivity contribution < 1.29 is 19.4 Å². The minimum absolute atomic E-state index is 0.112. The largest absolute Gasteiger partial charge is 0.495 e. The highest BCUT2D eigenvalue weighted by molar-refractivity contribution is 5.93. The van der Waals surface area contributed by atoms with E-state index in [1.807, 2.05) is 6.92 Å². The number of rotatable bonds is 8. The molecule has 0 aliphatic heterocycles. The number of ether oxygens (including phenoxy) is 2. The van der Waals surface area contributed by atoms with Crippen LogP contribution in [0.5, 0.6) is 11.6 Å². The molecule has 0 aliphatic rings. The van der Waals surface area contributed by atoms with Crippen LogP contribution < -0.4 is 10.1 Å². The average Bonchev–Trinajstić information content (AvgIpc) is 3.17. The highest BCUT2D eigenvalue weighted by Gasteiger charge is 2.19. The molecule has 2 aromatic heterocycles. The van der Waals surface area contributed by atoms with Gasteiger partial charge in [0.25, 0.3) is 5.91 Å². The number of nitriles is 1. The molecular weight excluding hydrogens is 398 g/mol. The summed E-state index contributed by atoms with van der Waals surface area (Å²) in [6.07, 6.45) is 3.66. The number of pyridine rings is 1. The van der Waals surface area contributed by atoms with Gasteiger partial charge in [-0.25, -0.2) is 4.98 Å². The van der Waals surface area contributed by atoms with Crippen molar-refractivity contribution in [1.82, 2.24) is 20.1 Å². The number of nitrogens with zero attached hydrogens (tertiary/aromatic N) is 4. The van der Waals surface area contributed by atoms with E-state index in [0.717, 1.165) is 6.42 Å². The molecule has 0 saturated heterocycles. The number of carbonyl (C=O) groups excluding carboxylic acids is 1. The van der Waals surface area contributed by atoms with Crippen LogP contribution in [0.1, 0.15) is 27.9 Å². The first-order valence-corrected chi connectivity index (χ1v) is 9.60. The standard InChI is InChI=1S/C22H23N5O4/c1-14-17(7-5-15(11-23)20(14)31-3)18-13-26-27(22(18)29)19-8-6-16(12-25-19)21(28)24-9-4-10-30-2/h5-8,12-13,29H,4,9-10H2,1-3H3,(H,24,28). The van der Waals surface area contributed by atoms with E-state index >= 15 is 0 Å². The molecule has 0 bridgehead atoms. The van der Waals surface area contributed by atoms with Gasteiger partial charge in [-0.2, -0.15) is 15.0 Å². The van der Waals surface area contributed by atoms with Crippen LogP contribution in [0.4, 0.5) is 0 Å². The summed E-state index contributed by atoms with van der Waals surface area (Å²) in [5.41, 5.74) is 2.69. The second-order valence-corrected chi connectivity index (χ2v) is 6.73. The average molecular weight is 421 g/mol. The van der Waals surface area contributed by atoms with Crippen molar-refractivity contribution in [3.63, 3.8) is 0 Å². The summed E-state index contributed by atoms with van der Waals surface area (Å²) >= 11 is 0. The zero-order valence-corrected chi connectivity index (χ0v) is 17.5. The van der Waals surface area contributed by atoms with Gasteiger partial charge in [0.2, 0.25) is 5.88 Å². The second kappa shape index (κ2) is 9.73. The Bertz CT molecular complexity index is 1120. The molecule has 2 heterocycles. The van der Waals surface area contributed by atoms with Crippen LogP contribution in [-0.2, 0) is 4.74 Å². The number of nitrogens with one attached hydrogen (secondary N) is 1. The quantitative estimate of drug-likeness (QED) is 0.536. The van der Waals surface area contributed by atoms with Gasteiger partial charge in [0.15, 0.2) is 5.82 Å². The topological polar surface area (TPSA) is 122 Å². The predicted octanol–water partition coefficient (Wildman–Crippen LogP) is 2.59. The number of benzene rings is 1. The zero-order chi connectivity index (χ0) is 22.4. The Kier molecular flexibility index (Phi) is 6.85. The van der Waals surface area contributed by atoms with Crippen molar-refractivity contribution in [3.8, 4) is 34.6 Å². The van der Waals surface area contributed by atoms with E-state index in [1.54, 1.807) is 31.4 Å². The Morgan fingerprint density at radius 3 is 2.68 bits per heavy atom. The number of hydrogen-bond acceptors (Lipinski definition) is 7. The van der Waals surface area contributed by atoms with Gasteiger partial charge in [0.1, 0.15) is 11.8 Å². The van der Waals surface area contributed by atoms with Crippen molar-refractivity contribution >= 4 is 5.91 Å². The summed E-state index contributed by atoms with van der Waals surface area (Å²) in [5.74, 6) is 0.462. The van der Waals surface area contributed by atoms with Crippen LogP contribution in [0.25, 0.3) is 16.9 Å². The van der Waals surface area contributed by atoms with Crippen LogP contribution in [-0.4, -0.2) is 53.1 Å². The molecule has 3 rings (SSSR count). The first-order valence-electron chi connectivity index (χ1n) is 9.60. The normalized spacial score (nSPS) is 10.5. The van der Waals surface area contributed by atoms with Crippen molar-refractivity contribution in [1.29, 1.82) is 5.26 Å². The zero-order valence-electron chi connectivity index (χ0n) is 17.5. The predicted molar refractivity (Wildman–Crippen MR) is 113 cm³/mol. The van der Waals surface area contributed by atoms with E-state index in [-0.39, 0.29) is 11.8 Å². The van der Waals surface area contributed by atoms with Crippen LogP contribution in [0.15, 0.2) is 36.7 Å². The third-order valence-electron chi connectivity index (χ3n) is 4.80. The summed E-state index contributed by atoms with van der Waals surface area (Å²) in [7, 11) is 3.11. The third kappa shape index (κ3) is 4.49. The molecule has 2 N–H and O–H groups in total. The van der Waals surface area contributed by atoms with E-state index in [1.165, 1.54) is 24.2 Å². The molecule has 0 fully saturated rings. The third-order valence-corrected chi connectivity index (χ3v) is 4.80. The summed E-state index contributed by atoms with van der Waals surface area (Å²) in [4.78, 5) is 16.4. The maximum atomic E-state index is 12.2. The van der Waals surface area contributed by atoms with Crippen molar-refractivity contribution in [3.05, 3.63) is 53.3 Å². The molecule has 9 heteroatoms. The molecule has 160 valence electrons. The van der Waals surface area contributed by atoms with Crippen LogP contribution in [0.2, 0.25) is 0 Å². The molecule has 1 amide bonds. The Hall–Kier alpha value is -3.90. The molecule has 0 radical (unpaired) electrons. The molecule has 1 aromatic carbocycles. The Morgan fingerprint density at radius 2 is 2.03 bits per heavy atom. The molecule has 0 unspecified atom stereocenters. The van der Waals surface area contributed by atoms with Crippen molar-refractivity contribution in [2.24, 2.45) is 0 Å². The molecule has 0 atom stereocenters. The smallest absolute Gasteiger partial charge is 0.252 e. The molecular formula is C22H23N5O4. The lowest BCUT2D eigenvalue weighted by Crippen LogP contribution is -2.25. The number of carbonyl (C=O) groups is 1. The fraction of sp³-hybridized carbons (Fsp3) is 0.273. The lowest BCUT2D eigenvalue weighted by Gasteiger charge is -2.11. The molecule has 31 heavy (non-hydrogen) atoms. The first kappa shape index (κ1) is 21.8. The van der Waals surface area contributed by atoms with E-state index in [4.69, 9.17) is 9.47 Å². The molecule has 0 aliphatic carbocycles. The van der Waals surface area contributed by atoms with Crippen LogP contribution in [0.3, 0.4) is 0 Å². The second-order valence-electron chi connectivity index (χ2n) is 6.73. The Labute approximate surface area is 179 Å². The van der Waals surface area contributed by atoms with Crippen molar-refractivity contribution in [2.45, 2.75) is 13.3 Å². The number of aromatic nitrogens is 3. The number of methoxy groups -OCH3 is 2. The number of hydrogen-bond donors (Lipinski definition) is 2. The van der Waals surface area contributed by atoms with Gasteiger partial charge in [0, 0.05) is 32.0 Å². The molecule has 0 spiro atoms. The SMILES string of the molecule is COCCCNC(=O)c1ccc(-n2ncc(-c3ccc(C#N)c(OC)c3C)c2O)nc1. The van der Waals surface area contributed by atoms with Gasteiger partial charge in [0.05, 0.1) is 30.0 Å². The summed E-state index contributed by atoms with van der Waals surface area (Å²) in [6, 6.07) is 8.68. The molecule has 0 saturated carbocycles. The molecule has 3 aromatic rings. The minimum atomic E-state index is -0.235. The number of aromatic hydroxyl groups is 1. The summed E-state index contributed by atoms with van der Waals surface area (Å²) in [6.45, 7) is 2.89. The fourth-order valence-corrected chi connectivity index (χ4v) is 3.20. The van der Waals surface area contributed by atoms with Crippen molar-refractivity contribution in [2.75, 3.05) is 27.4 Å². The monoisotopic (exact) mass is 421 g/mol. The van der Waals surface area contributed by atoms with Gasteiger partial charge in [-0.05, 0) is 37.1 Å². The van der Waals surface area contributed by atoms with Crippen LogP contribution in [0, 0.1) is 18.3 Å². The highest BCUT2D eigenvalue weighted by atomic mass is 16.5. The van der Waals surface area contributed by atoms with Gasteiger partial charge >= 0.3 is 0 Å². The summed E-state index contributed by atoms with van der Waals surface area (Å²) < 4.78 is 11.6. The van der Waals surface area contributed by atoms with Gasteiger partial charge in [-0.15, -0.1) is 0 Å². The molecule has 9 nitrogen and oxygen atoms in total. The van der Waals surface area contributed by atoms with E-state index in [2.05, 4.69) is 21.5 Å². The van der Waals surface area contributed by atoms with Crippen LogP contribution >= 0.6 is 0 Å². The highest BCUT2D eigenvalue weighted by Crippen LogP contribution is 2.37. The van der Waals surface area contributed by atoms with Gasteiger partial charge in [-0.1, -0.05) is 6.07 Å². The lowest BCUT2D eigenvalue weighted by molar-refractivity contribution is 0.0948. The first-order chi connectivity index (χ1) is 15.0. The number of amides is 1. The van der Waals surface area contributed by atoms with Gasteiger partial charge < -0.3 is 19.9 Å².